The SMILES string of the molecule is C[Si](C)=[Zr+2].[Cl-].[Cl-].c1ccc(-c2ccc(-c3ccccc3)c3[cH-]c(CC4CCCCCC4)cc23)cc1.c1ccc(-c2ccc(-c3ccccc3)c3[cH-]c(CC4CCCCCC4)cc23)cc1. The Hall–Kier alpha value is -3.78. The smallest absolute Gasteiger partial charge is 0.0279 e. The summed E-state index contributed by atoms with van der Waals surface area (Å²) in [6.07, 6.45) is 19.4. The first-order valence-electron chi connectivity index (χ1n) is 23.7. The maximum absolute atomic E-state index is 2.48. The van der Waals surface area contributed by atoms with Gasteiger partial charge in [0.05, 0.1) is 0 Å². The van der Waals surface area contributed by atoms with Gasteiger partial charge in [-0.15, -0.1) is 44.8 Å². The number of hydrogen-bond donors (Lipinski definition) is 0. The van der Waals surface area contributed by atoms with Gasteiger partial charge in [-0.1, -0.05) is 256 Å². The van der Waals surface area contributed by atoms with E-state index in [0.717, 1.165) is 11.8 Å². The Kier molecular flexibility index (Phi) is 19.6. The molecule has 0 N–H and O–H groups in total. The van der Waals surface area contributed by atoms with Crippen LogP contribution in [0.15, 0.2) is 170 Å². The van der Waals surface area contributed by atoms with Crippen LogP contribution < -0.4 is 24.8 Å². The zero-order valence-electron chi connectivity index (χ0n) is 38.0. The van der Waals surface area contributed by atoms with Gasteiger partial charge in [-0.05, 0) is 35.8 Å². The second-order valence-corrected chi connectivity index (χ2v) is 27.7. The van der Waals surface area contributed by atoms with Crippen molar-refractivity contribution in [3.63, 3.8) is 0 Å². The average molecular weight is 975 g/mol. The van der Waals surface area contributed by atoms with E-state index < -0.39 is 0 Å². The van der Waals surface area contributed by atoms with E-state index in [1.54, 1.807) is 23.3 Å². The van der Waals surface area contributed by atoms with E-state index in [1.807, 2.05) is 0 Å². The summed E-state index contributed by atoms with van der Waals surface area (Å²) in [6.45, 7) is 4.62. The molecule has 0 unspecified atom stereocenters. The molecule has 0 spiro atoms. The molecule has 8 aromatic carbocycles. The van der Waals surface area contributed by atoms with Crippen molar-refractivity contribution < 1.29 is 48.1 Å². The van der Waals surface area contributed by atoms with Gasteiger partial charge in [0.2, 0.25) is 0 Å². The third kappa shape index (κ3) is 13.2. The molecule has 2 aliphatic carbocycles. The third-order valence-corrected chi connectivity index (χ3v) is 13.2. The van der Waals surface area contributed by atoms with Gasteiger partial charge in [-0.3, -0.25) is 0 Å². The monoisotopic (exact) mass is 972 g/mol. The van der Waals surface area contributed by atoms with Crippen molar-refractivity contribution in [1.82, 2.24) is 0 Å². The van der Waals surface area contributed by atoms with Crippen LogP contribution in [0.3, 0.4) is 0 Å². The molecule has 4 heteroatoms. The molecule has 0 heterocycles. The molecule has 0 saturated heterocycles. The summed E-state index contributed by atoms with van der Waals surface area (Å²) < 4.78 is 0. The van der Waals surface area contributed by atoms with Crippen molar-refractivity contribution in [2.24, 2.45) is 11.8 Å². The van der Waals surface area contributed by atoms with Gasteiger partial charge in [0.25, 0.3) is 0 Å². The van der Waals surface area contributed by atoms with Gasteiger partial charge in [0.1, 0.15) is 0 Å². The fourth-order valence-corrected chi connectivity index (χ4v) is 10.2. The second-order valence-electron chi connectivity index (χ2n) is 18.3. The van der Waals surface area contributed by atoms with Gasteiger partial charge < -0.3 is 24.8 Å². The van der Waals surface area contributed by atoms with Gasteiger partial charge in [-0.25, -0.2) is 0 Å². The summed E-state index contributed by atoms with van der Waals surface area (Å²) in [5.41, 5.74) is 13.9. The molecule has 0 radical (unpaired) electrons. The average Bonchev–Trinajstić information content (AvgIpc) is 3.71. The first-order chi connectivity index (χ1) is 30.5. The molecule has 10 rings (SSSR count). The van der Waals surface area contributed by atoms with Crippen molar-refractivity contribution in [1.29, 1.82) is 0 Å². The Bertz CT molecular complexity index is 2280. The minimum Gasteiger partial charge on any atom is -1.00 e. The normalized spacial score (nSPS) is 14.4. The summed E-state index contributed by atoms with van der Waals surface area (Å²) in [5.74, 6) is 1.71. The molecule has 0 aromatic heterocycles. The molecular weight excluding hydrogens is 911 g/mol. The first-order valence-corrected chi connectivity index (χ1v) is 29.9. The maximum Gasteiger partial charge on any atom is -0.0279 e. The number of hydrogen-bond acceptors (Lipinski definition) is 0. The van der Waals surface area contributed by atoms with Gasteiger partial charge in [-0.2, -0.15) is 12.1 Å². The molecule has 0 atom stereocenters. The predicted molar refractivity (Wildman–Crippen MR) is 268 cm³/mol. The molecule has 8 aromatic rings. The van der Waals surface area contributed by atoms with E-state index in [9.17, 15) is 0 Å². The van der Waals surface area contributed by atoms with E-state index in [1.165, 1.54) is 167 Å². The number of rotatable bonds is 8. The molecule has 0 bridgehead atoms. The molecule has 2 saturated carbocycles. The van der Waals surface area contributed by atoms with Gasteiger partial charge in [0, 0.05) is 0 Å². The summed E-state index contributed by atoms with van der Waals surface area (Å²) >= 11 is 1.74. The quantitative estimate of drug-likeness (QED) is 0.0809. The van der Waals surface area contributed by atoms with Crippen LogP contribution in [-0.4, -0.2) is 5.43 Å². The Balaban J connectivity index is 0.000000191. The van der Waals surface area contributed by atoms with E-state index in [-0.39, 0.29) is 30.2 Å². The zero-order chi connectivity index (χ0) is 42.5. The van der Waals surface area contributed by atoms with Gasteiger partial charge >= 0.3 is 41.9 Å². The van der Waals surface area contributed by atoms with Crippen molar-refractivity contribution in [2.75, 3.05) is 0 Å². The van der Waals surface area contributed by atoms with E-state index in [4.69, 9.17) is 0 Å². The topological polar surface area (TPSA) is 0 Å². The summed E-state index contributed by atoms with van der Waals surface area (Å²) in [7, 11) is 0. The Labute approximate surface area is 412 Å². The van der Waals surface area contributed by atoms with Crippen molar-refractivity contribution in [3.05, 3.63) is 181 Å². The fourth-order valence-electron chi connectivity index (χ4n) is 10.2. The van der Waals surface area contributed by atoms with Crippen LogP contribution in [0.4, 0.5) is 0 Å². The minimum atomic E-state index is 0. The van der Waals surface area contributed by atoms with E-state index in [2.05, 4.69) is 183 Å². The molecule has 328 valence electrons. The van der Waals surface area contributed by atoms with E-state index >= 15 is 0 Å². The molecule has 2 fully saturated rings. The molecule has 0 nitrogen and oxygen atoms in total. The predicted octanol–water partition coefficient (Wildman–Crippen LogP) is 11.6. The number of fused-ring (bicyclic) bond motifs is 2. The standard InChI is InChI=1S/2C29H29.C2H6Si.2ClH.Zr/c2*1-2-6-12-22(11-5-1)19-23-20-28-26(24-13-7-3-8-14-24)17-18-27(29(28)21-23)25-15-9-4-10-16-25;1-3-2;;;/h2*3-4,7-10,13-18,20-22H,1-2,5-6,11-12,19H2;1-2H3;2*1H;/q2*-1;;;;+2/p-2. The van der Waals surface area contributed by atoms with Crippen LogP contribution in [0.5, 0.6) is 0 Å². The first kappa shape index (κ1) is 49.6. The number of benzene rings is 6. The Morgan fingerprint density at radius 1 is 0.406 bits per heavy atom. The van der Waals surface area contributed by atoms with E-state index in [0.29, 0.717) is 0 Å². The summed E-state index contributed by atoms with van der Waals surface area (Å²) in [4.78, 5) is 0. The molecular formula is C60H64Cl2SiZr-2. The Morgan fingerprint density at radius 3 is 0.969 bits per heavy atom. The number of halogens is 2. The minimum absolute atomic E-state index is 0. The summed E-state index contributed by atoms with van der Waals surface area (Å²) in [5, 5.41) is 5.62. The van der Waals surface area contributed by atoms with Crippen LogP contribution in [0.2, 0.25) is 13.1 Å². The van der Waals surface area contributed by atoms with Gasteiger partial charge in [0.15, 0.2) is 0 Å². The summed E-state index contributed by atoms with van der Waals surface area (Å²) in [6, 6.07) is 62.6. The van der Waals surface area contributed by atoms with Crippen LogP contribution in [-0.2, 0) is 36.2 Å². The fraction of sp³-hybridized carbons (Fsp3) is 0.300. The molecule has 0 aliphatic heterocycles. The molecule has 64 heavy (non-hydrogen) atoms. The Morgan fingerprint density at radius 2 is 0.672 bits per heavy atom. The molecule has 2 aliphatic rings. The zero-order valence-corrected chi connectivity index (χ0v) is 42.9. The van der Waals surface area contributed by atoms with Crippen molar-refractivity contribution in [3.8, 4) is 44.5 Å². The largest absolute Gasteiger partial charge is 1.00 e. The maximum atomic E-state index is 2.48. The van der Waals surface area contributed by atoms with Crippen LogP contribution in [0, 0.1) is 11.8 Å². The molecule has 0 amide bonds. The second kappa shape index (κ2) is 25.2. The van der Waals surface area contributed by atoms with Crippen molar-refractivity contribution >= 4 is 27.0 Å². The van der Waals surface area contributed by atoms with Crippen LogP contribution >= 0.6 is 0 Å². The third-order valence-electron chi connectivity index (χ3n) is 13.2. The van der Waals surface area contributed by atoms with Crippen LogP contribution in [0.25, 0.3) is 66.1 Å². The van der Waals surface area contributed by atoms with Crippen molar-refractivity contribution in [2.45, 2.75) is 103 Å². The van der Waals surface area contributed by atoms with Crippen LogP contribution in [0.1, 0.15) is 88.2 Å².